The summed E-state index contributed by atoms with van der Waals surface area (Å²) in [4.78, 5) is 10.7. The van der Waals surface area contributed by atoms with Crippen LogP contribution in [0.4, 0.5) is 17.5 Å². The molecule has 0 aliphatic carbocycles. The summed E-state index contributed by atoms with van der Waals surface area (Å²) in [6.07, 6.45) is 3.22. The van der Waals surface area contributed by atoms with Gasteiger partial charge in [-0.1, -0.05) is 0 Å². The second-order valence-electron chi connectivity index (χ2n) is 6.57. The van der Waals surface area contributed by atoms with Crippen molar-refractivity contribution in [3.8, 4) is 11.5 Å². The third-order valence-corrected chi connectivity index (χ3v) is 4.76. The fourth-order valence-corrected chi connectivity index (χ4v) is 3.26. The highest BCUT2D eigenvalue weighted by molar-refractivity contribution is 5.60. The lowest BCUT2D eigenvalue weighted by molar-refractivity contribution is 0.0433. The molecule has 1 aromatic heterocycles. The van der Waals surface area contributed by atoms with Crippen molar-refractivity contribution in [3.63, 3.8) is 0 Å². The number of likely N-dealkylation sites (tertiary alicyclic amines) is 1. The molecule has 1 aliphatic heterocycles. The number of nitrogens with one attached hydrogen (secondary N) is 2. The lowest BCUT2D eigenvalue weighted by Crippen LogP contribution is -2.39. The summed E-state index contributed by atoms with van der Waals surface area (Å²) in [5.74, 6) is 2.37. The van der Waals surface area contributed by atoms with E-state index in [2.05, 4.69) is 25.5 Å². The largest absolute Gasteiger partial charge is 0.493 e. The highest BCUT2D eigenvalue weighted by Gasteiger charge is 2.28. The summed E-state index contributed by atoms with van der Waals surface area (Å²) in [7, 11) is 5.43. The molecule has 8 heteroatoms. The lowest BCUT2D eigenvalue weighted by Gasteiger charge is -2.25. The highest BCUT2D eigenvalue weighted by atomic mass is 16.5. The van der Waals surface area contributed by atoms with Crippen molar-refractivity contribution in [1.29, 1.82) is 0 Å². The van der Waals surface area contributed by atoms with Crippen LogP contribution in [0.25, 0.3) is 0 Å². The average molecular weight is 373 g/mol. The fraction of sp³-hybridized carbons (Fsp3) is 0.474. The normalized spacial score (nSPS) is 18.1. The number of anilines is 3. The SMILES string of the molecule is CNc1ccnc(Nc2ccc(OC)c(OC[C@H](O)[C@H]3CCCN3C)c2)n1. The van der Waals surface area contributed by atoms with Crippen LogP contribution in [0.3, 0.4) is 0 Å². The van der Waals surface area contributed by atoms with Crippen molar-refractivity contribution in [2.75, 3.05) is 45.0 Å². The summed E-state index contributed by atoms with van der Waals surface area (Å²) >= 11 is 0. The molecule has 2 heterocycles. The zero-order valence-corrected chi connectivity index (χ0v) is 16.0. The summed E-state index contributed by atoms with van der Waals surface area (Å²) in [6, 6.07) is 7.42. The molecule has 146 valence electrons. The molecule has 0 radical (unpaired) electrons. The van der Waals surface area contributed by atoms with Crippen molar-refractivity contribution < 1.29 is 14.6 Å². The first-order valence-corrected chi connectivity index (χ1v) is 9.07. The van der Waals surface area contributed by atoms with Gasteiger partial charge in [-0.25, -0.2) is 4.98 Å². The average Bonchev–Trinajstić information content (AvgIpc) is 3.12. The maximum atomic E-state index is 10.5. The first-order chi connectivity index (χ1) is 13.1. The van der Waals surface area contributed by atoms with Gasteiger partial charge < -0.3 is 30.1 Å². The Morgan fingerprint density at radius 2 is 2.19 bits per heavy atom. The molecule has 0 unspecified atom stereocenters. The minimum absolute atomic E-state index is 0.134. The molecule has 2 aromatic rings. The van der Waals surface area contributed by atoms with Crippen LogP contribution in [0.2, 0.25) is 0 Å². The van der Waals surface area contributed by atoms with Crippen molar-refractivity contribution in [3.05, 3.63) is 30.5 Å². The maximum absolute atomic E-state index is 10.5. The van der Waals surface area contributed by atoms with Gasteiger partial charge in [-0.05, 0) is 44.6 Å². The second-order valence-corrected chi connectivity index (χ2v) is 6.57. The quantitative estimate of drug-likeness (QED) is 0.648. The van der Waals surface area contributed by atoms with Crippen LogP contribution in [-0.2, 0) is 0 Å². The number of rotatable bonds is 8. The molecule has 0 amide bonds. The molecule has 27 heavy (non-hydrogen) atoms. The number of aliphatic hydroxyl groups excluding tert-OH is 1. The number of ether oxygens (including phenoxy) is 2. The Bertz CT molecular complexity index is 758. The van der Waals surface area contributed by atoms with E-state index in [9.17, 15) is 5.11 Å². The van der Waals surface area contributed by atoms with Crippen molar-refractivity contribution in [2.45, 2.75) is 25.0 Å². The van der Waals surface area contributed by atoms with Gasteiger partial charge >= 0.3 is 0 Å². The molecule has 3 rings (SSSR count). The number of benzene rings is 1. The third kappa shape index (κ3) is 4.78. The predicted molar refractivity (Wildman–Crippen MR) is 105 cm³/mol. The van der Waals surface area contributed by atoms with E-state index < -0.39 is 6.10 Å². The number of methoxy groups -OCH3 is 1. The maximum Gasteiger partial charge on any atom is 0.229 e. The van der Waals surface area contributed by atoms with Gasteiger partial charge in [0.25, 0.3) is 0 Å². The minimum atomic E-state index is -0.547. The zero-order chi connectivity index (χ0) is 19.2. The van der Waals surface area contributed by atoms with Crippen molar-refractivity contribution in [1.82, 2.24) is 14.9 Å². The number of hydrogen-bond donors (Lipinski definition) is 3. The Balaban J connectivity index is 1.69. The summed E-state index contributed by atoms with van der Waals surface area (Å²) in [5.41, 5.74) is 0.770. The first kappa shape index (κ1) is 19.2. The molecule has 1 aromatic carbocycles. The molecular weight excluding hydrogens is 346 g/mol. The van der Waals surface area contributed by atoms with Crippen LogP contribution < -0.4 is 20.1 Å². The van der Waals surface area contributed by atoms with Gasteiger partial charge in [-0.2, -0.15) is 4.98 Å². The topological polar surface area (TPSA) is 91.8 Å². The van der Waals surface area contributed by atoms with Gasteiger partial charge in [-0.15, -0.1) is 0 Å². The Kier molecular flexibility index (Phi) is 6.31. The fourth-order valence-electron chi connectivity index (χ4n) is 3.26. The summed E-state index contributed by atoms with van der Waals surface area (Å²) in [6.45, 7) is 1.22. The molecule has 1 aliphatic rings. The molecule has 2 atom stereocenters. The highest BCUT2D eigenvalue weighted by Crippen LogP contribution is 2.31. The van der Waals surface area contributed by atoms with E-state index >= 15 is 0 Å². The van der Waals surface area contributed by atoms with Gasteiger partial charge in [0.2, 0.25) is 5.95 Å². The first-order valence-electron chi connectivity index (χ1n) is 9.07. The van der Waals surface area contributed by atoms with Gasteiger partial charge in [0, 0.05) is 31.0 Å². The number of hydrogen-bond acceptors (Lipinski definition) is 8. The number of aliphatic hydroxyl groups is 1. The van der Waals surface area contributed by atoms with Gasteiger partial charge in [0.15, 0.2) is 11.5 Å². The monoisotopic (exact) mass is 373 g/mol. The Hall–Kier alpha value is -2.58. The number of aromatic nitrogens is 2. The van der Waals surface area contributed by atoms with Gasteiger partial charge in [-0.3, -0.25) is 0 Å². The van der Waals surface area contributed by atoms with Crippen molar-refractivity contribution in [2.24, 2.45) is 0 Å². The van der Waals surface area contributed by atoms with E-state index in [1.807, 2.05) is 25.2 Å². The van der Waals surface area contributed by atoms with E-state index in [0.29, 0.717) is 17.4 Å². The van der Waals surface area contributed by atoms with Crippen LogP contribution in [0.5, 0.6) is 11.5 Å². The second kappa shape index (κ2) is 8.88. The van der Waals surface area contributed by atoms with Crippen molar-refractivity contribution >= 4 is 17.5 Å². The minimum Gasteiger partial charge on any atom is -0.493 e. The van der Waals surface area contributed by atoms with Crippen LogP contribution >= 0.6 is 0 Å². The predicted octanol–water partition coefficient (Wildman–Crippen LogP) is 2.10. The third-order valence-electron chi connectivity index (χ3n) is 4.76. The number of nitrogens with zero attached hydrogens (tertiary/aromatic N) is 3. The van der Waals surface area contributed by atoms with Gasteiger partial charge in [0.05, 0.1) is 7.11 Å². The van der Waals surface area contributed by atoms with E-state index in [4.69, 9.17) is 9.47 Å². The number of likely N-dealkylation sites (N-methyl/N-ethyl adjacent to an activating group) is 1. The smallest absolute Gasteiger partial charge is 0.229 e. The lowest BCUT2D eigenvalue weighted by atomic mass is 10.1. The zero-order valence-electron chi connectivity index (χ0n) is 16.0. The Labute approximate surface area is 159 Å². The summed E-state index contributed by atoms with van der Waals surface area (Å²) < 4.78 is 11.3. The van der Waals surface area contributed by atoms with E-state index in [0.717, 1.165) is 30.9 Å². The van der Waals surface area contributed by atoms with Crippen LogP contribution in [0.1, 0.15) is 12.8 Å². The standard InChI is InChI=1S/C19H27N5O3/c1-20-18-8-9-21-19(23-18)22-13-6-7-16(26-3)17(11-13)27-12-15(25)14-5-4-10-24(14)2/h6-9,11,14-15,25H,4-5,10,12H2,1-3H3,(H2,20,21,22,23)/t14-,15+/m1/s1. The van der Waals surface area contributed by atoms with Crippen LogP contribution in [0, 0.1) is 0 Å². The summed E-state index contributed by atoms with van der Waals surface area (Å²) in [5, 5.41) is 16.6. The van der Waals surface area contributed by atoms with Crippen LogP contribution in [-0.4, -0.2) is 66.5 Å². The van der Waals surface area contributed by atoms with E-state index in [1.165, 1.54) is 0 Å². The Morgan fingerprint density at radius 3 is 2.89 bits per heavy atom. The Morgan fingerprint density at radius 1 is 1.33 bits per heavy atom. The molecule has 3 N–H and O–H groups in total. The van der Waals surface area contributed by atoms with E-state index in [1.54, 1.807) is 26.4 Å². The van der Waals surface area contributed by atoms with E-state index in [-0.39, 0.29) is 12.6 Å². The molecular formula is C19H27N5O3. The molecule has 0 bridgehead atoms. The molecule has 1 saturated heterocycles. The molecule has 1 fully saturated rings. The van der Waals surface area contributed by atoms with Crippen LogP contribution in [0.15, 0.2) is 30.5 Å². The molecule has 8 nitrogen and oxygen atoms in total. The molecule has 0 saturated carbocycles. The molecule has 0 spiro atoms. The van der Waals surface area contributed by atoms with Gasteiger partial charge in [0.1, 0.15) is 18.5 Å².